The van der Waals surface area contributed by atoms with Gasteiger partial charge in [-0.1, -0.05) is 24.3 Å². The molecule has 3 heterocycles. The second-order valence-corrected chi connectivity index (χ2v) is 6.23. The van der Waals surface area contributed by atoms with Gasteiger partial charge in [-0.05, 0) is 30.2 Å². The molecule has 4 rings (SSSR count). The molecule has 2 aromatic heterocycles. The molecule has 126 valence electrons. The molecule has 0 aliphatic carbocycles. The number of pyridine rings is 1. The standard InChI is InChI=1S/C19H18N4O2/c1-12-5-4-8-23-13(11-21-18(12)23)10-20-17(24)9-16-14-6-2-3-7-15(14)19(25)22-16/h2-8,11,16H,9-10H2,1H3,(H,20,24)(H,22,25)/t16-/m1/s1. The lowest BCUT2D eigenvalue weighted by Crippen LogP contribution is -2.29. The molecular formula is C19H18N4O2. The third-order valence-electron chi connectivity index (χ3n) is 4.55. The number of hydrogen-bond donors (Lipinski definition) is 2. The maximum Gasteiger partial charge on any atom is 0.252 e. The molecule has 0 spiro atoms. The van der Waals surface area contributed by atoms with Gasteiger partial charge in [0.15, 0.2) is 0 Å². The number of imidazole rings is 1. The Morgan fingerprint density at radius 2 is 2.12 bits per heavy atom. The van der Waals surface area contributed by atoms with Crippen LogP contribution in [0.3, 0.4) is 0 Å². The fourth-order valence-corrected chi connectivity index (χ4v) is 3.26. The molecule has 2 N–H and O–H groups in total. The molecule has 0 fully saturated rings. The summed E-state index contributed by atoms with van der Waals surface area (Å²) in [5.41, 5.74) is 4.43. The molecule has 1 atom stereocenters. The number of nitrogens with one attached hydrogen (secondary N) is 2. The Hall–Kier alpha value is -3.15. The number of benzene rings is 1. The number of carbonyl (C=O) groups excluding carboxylic acids is 2. The highest BCUT2D eigenvalue weighted by molar-refractivity contribution is 5.99. The van der Waals surface area contributed by atoms with E-state index in [1.165, 1.54) is 0 Å². The normalized spacial score (nSPS) is 15.9. The monoisotopic (exact) mass is 334 g/mol. The lowest BCUT2D eigenvalue weighted by molar-refractivity contribution is -0.121. The molecule has 0 bridgehead atoms. The van der Waals surface area contributed by atoms with Crippen molar-refractivity contribution in [1.82, 2.24) is 20.0 Å². The van der Waals surface area contributed by atoms with Crippen molar-refractivity contribution in [3.05, 3.63) is 71.2 Å². The summed E-state index contributed by atoms with van der Waals surface area (Å²) >= 11 is 0. The van der Waals surface area contributed by atoms with Crippen LogP contribution in [0.15, 0.2) is 48.8 Å². The first-order chi connectivity index (χ1) is 12.1. The van der Waals surface area contributed by atoms with E-state index in [-0.39, 0.29) is 24.3 Å². The molecule has 2 amide bonds. The average Bonchev–Trinajstić information content (AvgIpc) is 3.16. The first kappa shape index (κ1) is 15.4. The maximum absolute atomic E-state index is 12.3. The topological polar surface area (TPSA) is 75.5 Å². The van der Waals surface area contributed by atoms with Crippen molar-refractivity contribution in [3.63, 3.8) is 0 Å². The van der Waals surface area contributed by atoms with Crippen molar-refractivity contribution in [2.75, 3.05) is 0 Å². The van der Waals surface area contributed by atoms with E-state index in [1.807, 2.05) is 47.9 Å². The molecule has 6 nitrogen and oxygen atoms in total. The van der Waals surface area contributed by atoms with Gasteiger partial charge in [0, 0.05) is 11.8 Å². The Balaban J connectivity index is 1.43. The molecular weight excluding hydrogens is 316 g/mol. The van der Waals surface area contributed by atoms with Crippen molar-refractivity contribution in [2.45, 2.75) is 25.9 Å². The minimum atomic E-state index is -0.270. The van der Waals surface area contributed by atoms with Crippen molar-refractivity contribution in [2.24, 2.45) is 0 Å². The summed E-state index contributed by atoms with van der Waals surface area (Å²) in [6.45, 7) is 2.40. The van der Waals surface area contributed by atoms with Crippen molar-refractivity contribution < 1.29 is 9.59 Å². The highest BCUT2D eigenvalue weighted by atomic mass is 16.2. The van der Waals surface area contributed by atoms with E-state index in [0.29, 0.717) is 12.1 Å². The lowest BCUT2D eigenvalue weighted by Gasteiger charge is -2.12. The molecule has 1 aliphatic rings. The number of carbonyl (C=O) groups is 2. The third-order valence-corrected chi connectivity index (χ3v) is 4.55. The number of nitrogens with zero attached hydrogens (tertiary/aromatic N) is 2. The number of fused-ring (bicyclic) bond motifs is 2. The number of rotatable bonds is 4. The van der Waals surface area contributed by atoms with Gasteiger partial charge >= 0.3 is 0 Å². The molecule has 1 aromatic carbocycles. The molecule has 0 saturated carbocycles. The molecule has 6 heteroatoms. The van der Waals surface area contributed by atoms with Gasteiger partial charge in [-0.15, -0.1) is 0 Å². The fraction of sp³-hybridized carbons (Fsp3) is 0.211. The summed E-state index contributed by atoms with van der Waals surface area (Å²) < 4.78 is 1.97. The van der Waals surface area contributed by atoms with Crippen molar-refractivity contribution >= 4 is 17.5 Å². The number of aromatic nitrogens is 2. The first-order valence-electron chi connectivity index (χ1n) is 8.21. The summed E-state index contributed by atoms with van der Waals surface area (Å²) in [7, 11) is 0. The zero-order valence-electron chi connectivity index (χ0n) is 13.8. The first-order valence-corrected chi connectivity index (χ1v) is 8.21. The van der Waals surface area contributed by atoms with E-state index >= 15 is 0 Å². The van der Waals surface area contributed by atoms with E-state index in [9.17, 15) is 9.59 Å². The predicted molar refractivity (Wildman–Crippen MR) is 93.0 cm³/mol. The number of aryl methyl sites for hydroxylation is 1. The summed E-state index contributed by atoms with van der Waals surface area (Å²) in [6.07, 6.45) is 3.93. The molecule has 0 radical (unpaired) electrons. The van der Waals surface area contributed by atoms with Gasteiger partial charge < -0.3 is 15.0 Å². The summed E-state index contributed by atoms with van der Waals surface area (Å²) in [4.78, 5) is 28.6. The second-order valence-electron chi connectivity index (χ2n) is 6.23. The molecule has 0 saturated heterocycles. The van der Waals surface area contributed by atoms with Crippen LogP contribution in [0.25, 0.3) is 5.65 Å². The van der Waals surface area contributed by atoms with E-state index < -0.39 is 0 Å². The van der Waals surface area contributed by atoms with Crippen LogP contribution < -0.4 is 10.6 Å². The zero-order chi connectivity index (χ0) is 17.4. The van der Waals surface area contributed by atoms with E-state index in [4.69, 9.17) is 0 Å². The number of amides is 2. The van der Waals surface area contributed by atoms with Crippen LogP contribution in [0, 0.1) is 6.92 Å². The zero-order valence-corrected chi connectivity index (χ0v) is 13.8. The van der Waals surface area contributed by atoms with Gasteiger partial charge in [0.05, 0.1) is 30.9 Å². The molecule has 3 aromatic rings. The minimum Gasteiger partial charge on any atom is -0.350 e. The molecule has 0 unspecified atom stereocenters. The lowest BCUT2D eigenvalue weighted by atomic mass is 10.0. The summed E-state index contributed by atoms with van der Waals surface area (Å²) in [5, 5.41) is 5.78. The van der Waals surface area contributed by atoms with Crippen LogP contribution in [0.4, 0.5) is 0 Å². The van der Waals surface area contributed by atoms with Crippen LogP contribution in [0.2, 0.25) is 0 Å². The van der Waals surface area contributed by atoms with Crippen LogP contribution in [-0.4, -0.2) is 21.2 Å². The van der Waals surface area contributed by atoms with E-state index in [0.717, 1.165) is 22.5 Å². The summed E-state index contributed by atoms with van der Waals surface area (Å²) in [6, 6.07) is 11.1. The number of hydrogen-bond acceptors (Lipinski definition) is 3. The Morgan fingerprint density at radius 1 is 1.28 bits per heavy atom. The molecule has 25 heavy (non-hydrogen) atoms. The Morgan fingerprint density at radius 3 is 3.00 bits per heavy atom. The van der Waals surface area contributed by atoms with E-state index in [2.05, 4.69) is 15.6 Å². The van der Waals surface area contributed by atoms with Crippen molar-refractivity contribution in [1.29, 1.82) is 0 Å². The summed E-state index contributed by atoms with van der Waals surface area (Å²) in [5.74, 6) is -0.227. The largest absolute Gasteiger partial charge is 0.350 e. The minimum absolute atomic E-state index is 0.107. The van der Waals surface area contributed by atoms with Gasteiger partial charge in [0.25, 0.3) is 5.91 Å². The van der Waals surface area contributed by atoms with E-state index in [1.54, 1.807) is 12.3 Å². The Bertz CT molecular complexity index is 976. The maximum atomic E-state index is 12.3. The Labute approximate surface area is 144 Å². The Kier molecular flexibility index (Phi) is 3.72. The van der Waals surface area contributed by atoms with Gasteiger partial charge in [-0.25, -0.2) is 4.98 Å². The molecule has 1 aliphatic heterocycles. The van der Waals surface area contributed by atoms with Crippen molar-refractivity contribution in [3.8, 4) is 0 Å². The predicted octanol–water partition coefficient (Wildman–Crippen LogP) is 2.13. The average molecular weight is 334 g/mol. The van der Waals surface area contributed by atoms with Crippen LogP contribution in [0.1, 0.15) is 39.6 Å². The van der Waals surface area contributed by atoms with Gasteiger partial charge in [0.1, 0.15) is 5.65 Å². The highest BCUT2D eigenvalue weighted by Gasteiger charge is 2.29. The van der Waals surface area contributed by atoms with Gasteiger partial charge in [-0.3, -0.25) is 9.59 Å². The van der Waals surface area contributed by atoms with Crippen LogP contribution >= 0.6 is 0 Å². The van der Waals surface area contributed by atoms with Crippen LogP contribution in [-0.2, 0) is 11.3 Å². The van der Waals surface area contributed by atoms with Gasteiger partial charge in [-0.2, -0.15) is 0 Å². The highest BCUT2D eigenvalue weighted by Crippen LogP contribution is 2.27. The SMILES string of the molecule is Cc1cccn2c(CNC(=O)C[C@H]3NC(=O)c4ccccc43)cnc12. The quantitative estimate of drug-likeness (QED) is 0.767. The second kappa shape index (κ2) is 6.05. The fourth-order valence-electron chi connectivity index (χ4n) is 3.26. The van der Waals surface area contributed by atoms with Gasteiger partial charge in [0.2, 0.25) is 5.91 Å². The smallest absolute Gasteiger partial charge is 0.252 e. The third kappa shape index (κ3) is 2.76. The van der Waals surface area contributed by atoms with Crippen LogP contribution in [0.5, 0.6) is 0 Å².